The summed E-state index contributed by atoms with van der Waals surface area (Å²) in [6.45, 7) is 7.73. The number of hydrogen-bond acceptors (Lipinski definition) is 4. The smallest absolute Gasteiger partial charge is 0.258 e. The van der Waals surface area contributed by atoms with Crippen molar-refractivity contribution in [2.24, 2.45) is 0 Å². The second-order valence-electron chi connectivity index (χ2n) is 5.62. The summed E-state index contributed by atoms with van der Waals surface area (Å²) in [6, 6.07) is 5.98. The van der Waals surface area contributed by atoms with E-state index in [0.717, 1.165) is 30.8 Å². The van der Waals surface area contributed by atoms with Gasteiger partial charge in [0, 0.05) is 25.3 Å². The van der Waals surface area contributed by atoms with E-state index in [-0.39, 0.29) is 5.56 Å². The van der Waals surface area contributed by atoms with Crippen LogP contribution < -0.4 is 10.5 Å². The molecule has 2 heterocycles. The van der Waals surface area contributed by atoms with E-state index < -0.39 is 0 Å². The number of nitrogens with zero attached hydrogens (tertiary/aromatic N) is 3. The van der Waals surface area contributed by atoms with Crippen LogP contribution in [0.15, 0.2) is 29.3 Å². The molecule has 1 aromatic carbocycles. The molecule has 2 aromatic rings. The Morgan fingerprint density at radius 2 is 2.14 bits per heavy atom. The molecule has 1 aliphatic rings. The van der Waals surface area contributed by atoms with Crippen molar-refractivity contribution in [2.45, 2.75) is 19.8 Å². The average molecular weight is 286 g/mol. The Balaban J connectivity index is 1.83. The van der Waals surface area contributed by atoms with Gasteiger partial charge in [-0.1, -0.05) is 6.92 Å². The summed E-state index contributed by atoms with van der Waals surface area (Å²) in [7, 11) is 0. The van der Waals surface area contributed by atoms with Crippen molar-refractivity contribution in [3.05, 3.63) is 34.9 Å². The molecule has 0 atom stereocenters. The lowest BCUT2D eigenvalue weighted by molar-refractivity contribution is 0.294. The van der Waals surface area contributed by atoms with E-state index in [1.807, 2.05) is 12.1 Å². The molecule has 1 fully saturated rings. The van der Waals surface area contributed by atoms with Gasteiger partial charge in [-0.05, 0) is 44.1 Å². The van der Waals surface area contributed by atoms with Gasteiger partial charge in [0.05, 0.1) is 17.2 Å². The third-order valence-electron chi connectivity index (χ3n) is 4.12. The number of aromatic amines is 1. The number of benzene rings is 1. The lowest BCUT2D eigenvalue weighted by Gasteiger charge is -2.23. The summed E-state index contributed by atoms with van der Waals surface area (Å²) >= 11 is 0. The molecule has 0 aliphatic carbocycles. The standard InChI is InChI=1S/C16H22N4O/c1-2-6-19-7-3-8-20(10-9-19)13-4-5-15-14(11-13)16(21)18-12-17-15/h4-5,11-12H,2-3,6-10H2,1H3,(H,17,18,21). The predicted octanol–water partition coefficient (Wildman–Crippen LogP) is 1.85. The summed E-state index contributed by atoms with van der Waals surface area (Å²) in [5.74, 6) is 0. The molecule has 5 nitrogen and oxygen atoms in total. The van der Waals surface area contributed by atoms with Gasteiger partial charge in [-0.25, -0.2) is 4.98 Å². The second kappa shape index (κ2) is 6.26. The van der Waals surface area contributed by atoms with Gasteiger partial charge in [0.1, 0.15) is 0 Å². The monoisotopic (exact) mass is 286 g/mol. The number of aromatic nitrogens is 2. The molecule has 0 radical (unpaired) electrons. The largest absolute Gasteiger partial charge is 0.370 e. The van der Waals surface area contributed by atoms with Crippen molar-refractivity contribution >= 4 is 16.6 Å². The van der Waals surface area contributed by atoms with E-state index in [2.05, 4.69) is 32.8 Å². The number of hydrogen-bond donors (Lipinski definition) is 1. The summed E-state index contributed by atoms with van der Waals surface area (Å²) in [5, 5.41) is 0.671. The molecule has 0 amide bonds. The van der Waals surface area contributed by atoms with Gasteiger partial charge < -0.3 is 14.8 Å². The molecule has 0 spiro atoms. The van der Waals surface area contributed by atoms with Crippen molar-refractivity contribution < 1.29 is 0 Å². The number of rotatable bonds is 3. The van der Waals surface area contributed by atoms with Gasteiger partial charge in [0.15, 0.2) is 0 Å². The Morgan fingerprint density at radius 1 is 1.24 bits per heavy atom. The van der Waals surface area contributed by atoms with E-state index in [9.17, 15) is 4.79 Å². The Bertz CT molecular complexity index is 667. The first-order valence-corrected chi connectivity index (χ1v) is 7.72. The van der Waals surface area contributed by atoms with E-state index in [4.69, 9.17) is 0 Å². The first-order valence-electron chi connectivity index (χ1n) is 7.72. The molecule has 1 N–H and O–H groups in total. The normalized spacial score (nSPS) is 17.1. The van der Waals surface area contributed by atoms with Crippen molar-refractivity contribution in [3.8, 4) is 0 Å². The first-order chi connectivity index (χ1) is 10.3. The lowest BCUT2D eigenvalue weighted by atomic mass is 10.2. The molecule has 21 heavy (non-hydrogen) atoms. The van der Waals surface area contributed by atoms with Crippen LogP contribution in [0.2, 0.25) is 0 Å². The Labute approximate surface area is 124 Å². The van der Waals surface area contributed by atoms with Crippen molar-refractivity contribution in [3.63, 3.8) is 0 Å². The van der Waals surface area contributed by atoms with Gasteiger partial charge in [-0.3, -0.25) is 4.79 Å². The van der Waals surface area contributed by atoms with Crippen LogP contribution in [0.5, 0.6) is 0 Å². The van der Waals surface area contributed by atoms with Crippen LogP contribution in [0, 0.1) is 0 Å². The lowest BCUT2D eigenvalue weighted by Crippen LogP contribution is -2.31. The summed E-state index contributed by atoms with van der Waals surface area (Å²) in [5.41, 5.74) is 1.81. The minimum absolute atomic E-state index is 0.0655. The van der Waals surface area contributed by atoms with Crippen molar-refractivity contribution in [1.82, 2.24) is 14.9 Å². The Hall–Kier alpha value is -1.88. The zero-order valence-corrected chi connectivity index (χ0v) is 12.5. The maximum Gasteiger partial charge on any atom is 0.258 e. The van der Waals surface area contributed by atoms with Crippen molar-refractivity contribution in [1.29, 1.82) is 0 Å². The van der Waals surface area contributed by atoms with Crippen LogP contribution in [-0.4, -0.2) is 47.6 Å². The molecule has 0 saturated carbocycles. The highest BCUT2D eigenvalue weighted by Gasteiger charge is 2.15. The number of H-pyrrole nitrogens is 1. The minimum atomic E-state index is -0.0655. The van der Waals surface area contributed by atoms with Gasteiger partial charge in [-0.15, -0.1) is 0 Å². The zero-order valence-electron chi connectivity index (χ0n) is 12.5. The fourth-order valence-corrected chi connectivity index (χ4v) is 3.02. The molecular formula is C16H22N4O. The maximum atomic E-state index is 11.9. The summed E-state index contributed by atoms with van der Waals surface area (Å²) in [6.07, 6.45) is 3.83. The highest BCUT2D eigenvalue weighted by Crippen LogP contribution is 2.20. The molecule has 3 rings (SSSR count). The maximum absolute atomic E-state index is 11.9. The van der Waals surface area contributed by atoms with Crippen molar-refractivity contribution in [2.75, 3.05) is 37.6 Å². The van der Waals surface area contributed by atoms with Crippen LogP contribution in [0.4, 0.5) is 5.69 Å². The van der Waals surface area contributed by atoms with Crippen LogP contribution in [0.25, 0.3) is 10.9 Å². The van der Waals surface area contributed by atoms with Gasteiger partial charge >= 0.3 is 0 Å². The highest BCUT2D eigenvalue weighted by molar-refractivity contribution is 5.81. The van der Waals surface area contributed by atoms with E-state index in [1.54, 1.807) is 0 Å². The number of nitrogens with one attached hydrogen (secondary N) is 1. The fourth-order valence-electron chi connectivity index (χ4n) is 3.02. The minimum Gasteiger partial charge on any atom is -0.370 e. The van der Waals surface area contributed by atoms with E-state index >= 15 is 0 Å². The molecule has 112 valence electrons. The SMILES string of the molecule is CCCN1CCCN(c2ccc3nc[nH]c(=O)c3c2)CC1. The average Bonchev–Trinajstić information content (AvgIpc) is 2.74. The van der Waals surface area contributed by atoms with E-state index in [0.29, 0.717) is 5.39 Å². The second-order valence-corrected chi connectivity index (χ2v) is 5.62. The first kappa shape index (κ1) is 14.1. The highest BCUT2D eigenvalue weighted by atomic mass is 16.1. The molecule has 1 aliphatic heterocycles. The molecular weight excluding hydrogens is 264 g/mol. The molecule has 1 saturated heterocycles. The van der Waals surface area contributed by atoms with Crippen LogP contribution in [-0.2, 0) is 0 Å². The summed E-state index contributed by atoms with van der Waals surface area (Å²) in [4.78, 5) is 23.6. The molecule has 1 aromatic heterocycles. The summed E-state index contributed by atoms with van der Waals surface area (Å²) < 4.78 is 0. The van der Waals surface area contributed by atoms with Crippen LogP contribution in [0.1, 0.15) is 19.8 Å². The van der Waals surface area contributed by atoms with Gasteiger partial charge in [0.25, 0.3) is 5.56 Å². The third-order valence-corrected chi connectivity index (χ3v) is 4.12. The van der Waals surface area contributed by atoms with Crippen LogP contribution in [0.3, 0.4) is 0 Å². The Kier molecular flexibility index (Phi) is 4.20. The fraction of sp³-hybridized carbons (Fsp3) is 0.500. The third kappa shape index (κ3) is 3.08. The topological polar surface area (TPSA) is 52.2 Å². The predicted molar refractivity (Wildman–Crippen MR) is 85.9 cm³/mol. The number of anilines is 1. The number of fused-ring (bicyclic) bond motifs is 1. The molecule has 0 unspecified atom stereocenters. The van der Waals surface area contributed by atoms with Crippen LogP contribution >= 0.6 is 0 Å². The van der Waals surface area contributed by atoms with Gasteiger partial charge in [-0.2, -0.15) is 0 Å². The Morgan fingerprint density at radius 3 is 3.00 bits per heavy atom. The quantitative estimate of drug-likeness (QED) is 0.935. The molecule has 0 bridgehead atoms. The molecule has 5 heteroatoms. The van der Waals surface area contributed by atoms with E-state index in [1.165, 1.54) is 32.3 Å². The van der Waals surface area contributed by atoms with Gasteiger partial charge in [0.2, 0.25) is 0 Å². The zero-order chi connectivity index (χ0) is 14.7.